The van der Waals surface area contributed by atoms with E-state index in [1.54, 1.807) is 25.5 Å². The van der Waals surface area contributed by atoms with Gasteiger partial charge < -0.3 is 14.1 Å². The first-order valence-corrected chi connectivity index (χ1v) is 9.61. The number of para-hydroxylation sites is 1. The van der Waals surface area contributed by atoms with Crippen molar-refractivity contribution in [3.8, 4) is 5.75 Å². The van der Waals surface area contributed by atoms with Gasteiger partial charge >= 0.3 is 0 Å². The van der Waals surface area contributed by atoms with E-state index in [1.807, 2.05) is 24.3 Å². The van der Waals surface area contributed by atoms with Crippen molar-refractivity contribution in [3.05, 3.63) is 59.7 Å². The van der Waals surface area contributed by atoms with Gasteiger partial charge in [-0.15, -0.1) is 0 Å². The van der Waals surface area contributed by atoms with E-state index in [9.17, 15) is 9.59 Å². The van der Waals surface area contributed by atoms with Gasteiger partial charge in [-0.3, -0.25) is 14.5 Å². The molecule has 2 aromatic rings. The zero-order valence-corrected chi connectivity index (χ0v) is 16.2. The third kappa shape index (κ3) is 3.19. The summed E-state index contributed by atoms with van der Waals surface area (Å²) in [6.45, 7) is 3.83. The van der Waals surface area contributed by atoms with Crippen molar-refractivity contribution in [1.29, 1.82) is 0 Å². The van der Waals surface area contributed by atoms with Crippen LogP contribution in [0.5, 0.6) is 5.75 Å². The first kappa shape index (κ1) is 18.3. The number of furan rings is 1. The fourth-order valence-electron chi connectivity index (χ4n) is 4.05. The molecule has 0 saturated carbocycles. The van der Waals surface area contributed by atoms with E-state index < -0.39 is 0 Å². The van der Waals surface area contributed by atoms with Gasteiger partial charge in [-0.25, -0.2) is 0 Å². The van der Waals surface area contributed by atoms with Crippen molar-refractivity contribution in [1.82, 2.24) is 9.80 Å². The van der Waals surface area contributed by atoms with Crippen LogP contribution >= 0.6 is 0 Å². The van der Waals surface area contributed by atoms with Crippen molar-refractivity contribution >= 4 is 17.4 Å². The second-order valence-electron chi connectivity index (χ2n) is 7.39. The minimum atomic E-state index is -0.306. The van der Waals surface area contributed by atoms with E-state index in [0.29, 0.717) is 34.3 Å². The van der Waals surface area contributed by atoms with E-state index in [-0.39, 0.29) is 18.4 Å². The maximum atomic E-state index is 13.4. The van der Waals surface area contributed by atoms with Crippen LogP contribution in [0.2, 0.25) is 0 Å². The minimum absolute atomic E-state index is 0.121. The number of rotatable bonds is 5. The van der Waals surface area contributed by atoms with Gasteiger partial charge in [0.05, 0.1) is 25.5 Å². The molecule has 1 saturated heterocycles. The molecule has 0 N–H and O–H groups in total. The molecule has 1 aromatic carbocycles. The molecule has 1 unspecified atom stereocenters. The molecule has 6 heteroatoms. The summed E-state index contributed by atoms with van der Waals surface area (Å²) in [6, 6.07) is 10.9. The summed E-state index contributed by atoms with van der Waals surface area (Å²) in [6.07, 6.45) is 3.68. The van der Waals surface area contributed by atoms with Gasteiger partial charge in [0.15, 0.2) is 0 Å². The first-order chi connectivity index (χ1) is 13.6. The summed E-state index contributed by atoms with van der Waals surface area (Å²) >= 11 is 0. The molecule has 0 spiro atoms. The number of methoxy groups -OCH3 is 1. The number of hydrogen-bond donors (Lipinski definition) is 0. The normalized spacial score (nSPS) is 20.3. The largest absolute Gasteiger partial charge is 0.496 e. The number of imide groups is 1. The van der Waals surface area contributed by atoms with Crippen LogP contribution in [0.25, 0.3) is 5.57 Å². The van der Waals surface area contributed by atoms with Gasteiger partial charge in [0.2, 0.25) is 0 Å². The molecule has 0 radical (unpaired) electrons. The number of piperidine rings is 1. The Bertz CT molecular complexity index is 916. The highest BCUT2D eigenvalue weighted by Gasteiger charge is 2.43. The first-order valence-electron chi connectivity index (χ1n) is 9.61. The predicted octanol–water partition coefficient (Wildman–Crippen LogP) is 3.30. The number of likely N-dealkylation sites (tertiary alicyclic amines) is 1. The van der Waals surface area contributed by atoms with E-state index in [4.69, 9.17) is 9.15 Å². The molecule has 1 aromatic heterocycles. The third-order valence-corrected chi connectivity index (χ3v) is 5.39. The van der Waals surface area contributed by atoms with Gasteiger partial charge in [0.25, 0.3) is 11.8 Å². The van der Waals surface area contributed by atoms with Crippen molar-refractivity contribution in [3.63, 3.8) is 0 Å². The van der Waals surface area contributed by atoms with Crippen LogP contribution in [0.15, 0.2) is 52.8 Å². The lowest BCUT2D eigenvalue weighted by Crippen LogP contribution is -2.39. The fourth-order valence-corrected chi connectivity index (χ4v) is 4.05. The van der Waals surface area contributed by atoms with E-state index in [1.165, 1.54) is 4.90 Å². The van der Waals surface area contributed by atoms with Crippen LogP contribution in [0, 0.1) is 5.92 Å². The quantitative estimate of drug-likeness (QED) is 0.745. The Morgan fingerprint density at radius 3 is 2.68 bits per heavy atom. The van der Waals surface area contributed by atoms with Gasteiger partial charge in [0.1, 0.15) is 17.2 Å². The summed E-state index contributed by atoms with van der Waals surface area (Å²) in [4.78, 5) is 30.1. The molecule has 2 aliphatic heterocycles. The number of benzene rings is 1. The monoisotopic (exact) mass is 380 g/mol. The molecule has 1 fully saturated rings. The molecule has 1 atom stereocenters. The number of carbonyl (C=O) groups is 2. The highest BCUT2D eigenvalue weighted by Crippen LogP contribution is 2.38. The van der Waals surface area contributed by atoms with Gasteiger partial charge in [-0.1, -0.05) is 25.1 Å². The SMILES string of the molecule is COc1ccccc1C1=C(N2CCCC(C)C2)C(=O)N(Cc2ccco2)C1=O. The van der Waals surface area contributed by atoms with Gasteiger partial charge in [-0.2, -0.15) is 0 Å². The van der Waals surface area contributed by atoms with Crippen molar-refractivity contribution in [2.75, 3.05) is 20.2 Å². The van der Waals surface area contributed by atoms with E-state index in [0.717, 1.165) is 25.9 Å². The van der Waals surface area contributed by atoms with Crippen molar-refractivity contribution in [2.24, 2.45) is 5.92 Å². The standard InChI is InChI=1S/C22H24N2O4/c1-15-7-5-11-23(13-15)20-19(17-9-3-4-10-18(17)27-2)21(25)24(22(20)26)14-16-8-6-12-28-16/h3-4,6,8-10,12,15H,5,7,11,13-14H2,1-2H3. The number of carbonyl (C=O) groups excluding carboxylic acids is 2. The van der Waals surface area contributed by atoms with E-state index in [2.05, 4.69) is 11.8 Å². The topological polar surface area (TPSA) is 63.0 Å². The zero-order valence-electron chi connectivity index (χ0n) is 16.2. The predicted molar refractivity (Wildman–Crippen MR) is 104 cm³/mol. The maximum Gasteiger partial charge on any atom is 0.278 e. The highest BCUT2D eigenvalue weighted by atomic mass is 16.5. The molecule has 0 aliphatic carbocycles. The number of ether oxygens (including phenoxy) is 1. The van der Waals surface area contributed by atoms with Crippen LogP contribution < -0.4 is 4.74 Å². The fraction of sp³-hybridized carbons (Fsp3) is 0.364. The van der Waals surface area contributed by atoms with Crippen LogP contribution in [-0.4, -0.2) is 41.8 Å². The average Bonchev–Trinajstić information content (AvgIpc) is 3.30. The van der Waals surface area contributed by atoms with Crippen LogP contribution in [0.1, 0.15) is 31.1 Å². The van der Waals surface area contributed by atoms with Gasteiger partial charge in [-0.05, 0) is 37.0 Å². The molecular formula is C22H24N2O4. The summed E-state index contributed by atoms with van der Waals surface area (Å²) in [5, 5.41) is 0. The lowest BCUT2D eigenvalue weighted by Gasteiger charge is -2.33. The molecule has 6 nitrogen and oxygen atoms in total. The summed E-state index contributed by atoms with van der Waals surface area (Å²) < 4.78 is 10.9. The van der Waals surface area contributed by atoms with Gasteiger partial charge in [0, 0.05) is 18.7 Å². The van der Waals surface area contributed by atoms with Crippen molar-refractivity contribution < 1.29 is 18.7 Å². The number of amides is 2. The zero-order chi connectivity index (χ0) is 19.7. The maximum absolute atomic E-state index is 13.4. The smallest absolute Gasteiger partial charge is 0.278 e. The second-order valence-corrected chi connectivity index (χ2v) is 7.39. The van der Waals surface area contributed by atoms with Crippen LogP contribution in [0.4, 0.5) is 0 Å². The lowest BCUT2D eigenvalue weighted by atomic mass is 9.97. The highest BCUT2D eigenvalue weighted by molar-refractivity contribution is 6.35. The summed E-state index contributed by atoms with van der Waals surface area (Å²) in [5.74, 6) is 1.06. The minimum Gasteiger partial charge on any atom is -0.496 e. The Morgan fingerprint density at radius 1 is 1.14 bits per heavy atom. The summed E-state index contributed by atoms with van der Waals surface area (Å²) in [7, 11) is 1.57. The summed E-state index contributed by atoms with van der Waals surface area (Å²) in [5.41, 5.74) is 1.55. The van der Waals surface area contributed by atoms with Crippen LogP contribution in [0.3, 0.4) is 0 Å². The molecule has 146 valence electrons. The average molecular weight is 380 g/mol. The number of nitrogens with zero attached hydrogens (tertiary/aromatic N) is 2. The third-order valence-electron chi connectivity index (χ3n) is 5.39. The van der Waals surface area contributed by atoms with Crippen LogP contribution in [-0.2, 0) is 16.1 Å². The Balaban J connectivity index is 1.79. The molecule has 2 amide bonds. The molecule has 2 aliphatic rings. The lowest BCUT2D eigenvalue weighted by molar-refractivity contribution is -0.138. The van der Waals surface area contributed by atoms with E-state index >= 15 is 0 Å². The molecule has 3 heterocycles. The molecule has 28 heavy (non-hydrogen) atoms. The Morgan fingerprint density at radius 2 is 1.96 bits per heavy atom. The molecular weight excluding hydrogens is 356 g/mol. The molecule has 4 rings (SSSR count). The Hall–Kier alpha value is -3.02. The molecule has 0 bridgehead atoms. The second kappa shape index (κ2) is 7.54. The number of hydrogen-bond acceptors (Lipinski definition) is 5. The Kier molecular flexibility index (Phi) is 4.94. The Labute approximate surface area is 164 Å². The van der Waals surface area contributed by atoms with Crippen molar-refractivity contribution in [2.45, 2.75) is 26.3 Å².